The Balaban J connectivity index is 1.54. The maximum atomic E-state index is 12.6. The highest BCUT2D eigenvalue weighted by molar-refractivity contribution is 7.89. The van der Waals surface area contributed by atoms with E-state index in [-0.39, 0.29) is 22.4 Å². The lowest BCUT2D eigenvalue weighted by Crippen LogP contribution is -2.44. The van der Waals surface area contributed by atoms with Crippen molar-refractivity contribution in [3.63, 3.8) is 0 Å². The number of sulfonamides is 1. The SMILES string of the molecule is CC1CCCCC1NC(=O)COC(=O)[C@H](C)NS(=O)(=O)c1cccc2nsnc12. The summed E-state index contributed by atoms with van der Waals surface area (Å²) in [4.78, 5) is 24.2. The van der Waals surface area contributed by atoms with Crippen molar-refractivity contribution >= 4 is 44.7 Å². The molecule has 1 heterocycles. The number of amides is 1. The Morgan fingerprint density at radius 3 is 2.79 bits per heavy atom. The molecule has 1 fully saturated rings. The van der Waals surface area contributed by atoms with Crippen molar-refractivity contribution in [1.82, 2.24) is 18.8 Å². The molecule has 2 aromatic rings. The van der Waals surface area contributed by atoms with Gasteiger partial charge in [-0.2, -0.15) is 13.5 Å². The maximum Gasteiger partial charge on any atom is 0.324 e. The van der Waals surface area contributed by atoms with E-state index >= 15 is 0 Å². The smallest absolute Gasteiger partial charge is 0.324 e. The van der Waals surface area contributed by atoms with Crippen LogP contribution in [0.25, 0.3) is 11.0 Å². The molecule has 1 saturated carbocycles. The molecule has 3 rings (SSSR count). The first kappa shape index (κ1) is 21.6. The van der Waals surface area contributed by atoms with Gasteiger partial charge in [0.2, 0.25) is 10.0 Å². The summed E-state index contributed by atoms with van der Waals surface area (Å²) in [6.07, 6.45) is 4.19. The molecular formula is C18H24N4O5S2. The van der Waals surface area contributed by atoms with Crippen LogP contribution in [0.15, 0.2) is 23.1 Å². The Bertz CT molecular complexity index is 991. The van der Waals surface area contributed by atoms with Crippen LogP contribution in [0, 0.1) is 5.92 Å². The van der Waals surface area contributed by atoms with E-state index in [4.69, 9.17) is 4.74 Å². The first-order valence-corrected chi connectivity index (χ1v) is 11.7. The van der Waals surface area contributed by atoms with Gasteiger partial charge in [0.25, 0.3) is 5.91 Å². The average molecular weight is 441 g/mol. The fourth-order valence-corrected chi connectivity index (χ4v) is 5.34. The predicted molar refractivity (Wildman–Crippen MR) is 108 cm³/mol. The van der Waals surface area contributed by atoms with Gasteiger partial charge in [-0.3, -0.25) is 9.59 Å². The van der Waals surface area contributed by atoms with E-state index < -0.39 is 28.6 Å². The van der Waals surface area contributed by atoms with Gasteiger partial charge in [-0.25, -0.2) is 8.42 Å². The number of hydrogen-bond acceptors (Lipinski definition) is 8. The number of fused-ring (bicyclic) bond motifs is 1. The van der Waals surface area contributed by atoms with Gasteiger partial charge < -0.3 is 10.1 Å². The van der Waals surface area contributed by atoms with Crippen molar-refractivity contribution < 1.29 is 22.7 Å². The number of ether oxygens (including phenoxy) is 1. The zero-order chi connectivity index (χ0) is 21.0. The number of nitrogens with zero attached hydrogens (tertiary/aromatic N) is 2. The summed E-state index contributed by atoms with van der Waals surface area (Å²) in [6.45, 7) is 3.01. The van der Waals surface area contributed by atoms with Crippen molar-refractivity contribution in [1.29, 1.82) is 0 Å². The van der Waals surface area contributed by atoms with Crippen LogP contribution in [0.3, 0.4) is 0 Å². The molecule has 1 aliphatic carbocycles. The Labute approximate surface area is 173 Å². The Morgan fingerprint density at radius 1 is 1.28 bits per heavy atom. The van der Waals surface area contributed by atoms with Crippen LogP contribution in [-0.2, 0) is 24.3 Å². The fourth-order valence-electron chi connectivity index (χ4n) is 3.38. The van der Waals surface area contributed by atoms with Gasteiger partial charge in [-0.15, -0.1) is 0 Å². The Hall–Kier alpha value is -2.11. The molecule has 3 atom stereocenters. The third-order valence-electron chi connectivity index (χ3n) is 5.03. The topological polar surface area (TPSA) is 127 Å². The van der Waals surface area contributed by atoms with E-state index in [0.717, 1.165) is 37.4 Å². The number of esters is 1. The molecule has 9 nitrogen and oxygen atoms in total. The number of rotatable bonds is 7. The molecular weight excluding hydrogens is 416 g/mol. The lowest BCUT2D eigenvalue weighted by atomic mass is 9.86. The molecule has 1 amide bonds. The molecule has 1 aromatic carbocycles. The van der Waals surface area contributed by atoms with Crippen LogP contribution < -0.4 is 10.0 Å². The molecule has 0 saturated heterocycles. The molecule has 1 aromatic heterocycles. The lowest BCUT2D eigenvalue weighted by molar-refractivity contribution is -0.150. The van der Waals surface area contributed by atoms with Gasteiger partial charge >= 0.3 is 5.97 Å². The summed E-state index contributed by atoms with van der Waals surface area (Å²) in [5.41, 5.74) is 0.702. The van der Waals surface area contributed by atoms with Crippen molar-refractivity contribution in [3.05, 3.63) is 18.2 Å². The number of aromatic nitrogens is 2. The van der Waals surface area contributed by atoms with E-state index in [2.05, 4.69) is 25.7 Å². The van der Waals surface area contributed by atoms with Gasteiger partial charge in [0.05, 0.1) is 11.7 Å². The molecule has 2 N–H and O–H groups in total. The second-order valence-electron chi connectivity index (χ2n) is 7.27. The highest BCUT2D eigenvalue weighted by atomic mass is 32.2. The summed E-state index contributed by atoms with van der Waals surface area (Å²) in [5, 5.41) is 2.89. The number of hydrogen-bond donors (Lipinski definition) is 2. The van der Waals surface area contributed by atoms with E-state index in [1.165, 1.54) is 13.0 Å². The monoisotopic (exact) mass is 440 g/mol. The van der Waals surface area contributed by atoms with Crippen molar-refractivity contribution in [2.24, 2.45) is 5.92 Å². The largest absolute Gasteiger partial charge is 0.454 e. The quantitative estimate of drug-likeness (QED) is 0.626. The minimum absolute atomic E-state index is 0.0626. The number of benzene rings is 1. The zero-order valence-electron chi connectivity index (χ0n) is 16.3. The number of nitrogens with one attached hydrogen (secondary N) is 2. The molecule has 2 unspecified atom stereocenters. The van der Waals surface area contributed by atoms with E-state index in [0.29, 0.717) is 11.4 Å². The highest BCUT2D eigenvalue weighted by Gasteiger charge is 2.27. The summed E-state index contributed by atoms with van der Waals surface area (Å²) in [6, 6.07) is 3.52. The van der Waals surface area contributed by atoms with Crippen molar-refractivity contribution in [3.8, 4) is 0 Å². The van der Waals surface area contributed by atoms with Gasteiger partial charge in [0.1, 0.15) is 22.0 Å². The third kappa shape index (κ3) is 5.28. The summed E-state index contributed by atoms with van der Waals surface area (Å²) >= 11 is 0.906. The molecule has 0 radical (unpaired) electrons. The van der Waals surface area contributed by atoms with E-state index in [1.54, 1.807) is 12.1 Å². The summed E-state index contributed by atoms with van der Waals surface area (Å²) in [5.74, 6) is -0.827. The average Bonchev–Trinajstić information content (AvgIpc) is 3.16. The predicted octanol–water partition coefficient (Wildman–Crippen LogP) is 1.60. The lowest BCUT2D eigenvalue weighted by Gasteiger charge is -2.29. The van der Waals surface area contributed by atoms with Gasteiger partial charge in [-0.05, 0) is 37.8 Å². The summed E-state index contributed by atoms with van der Waals surface area (Å²) < 4.78 is 40.5. The van der Waals surface area contributed by atoms with Crippen LogP contribution >= 0.6 is 11.7 Å². The number of carbonyl (C=O) groups excluding carboxylic acids is 2. The first-order chi connectivity index (χ1) is 13.8. The Kier molecular flexibility index (Phi) is 6.81. The van der Waals surface area contributed by atoms with Gasteiger partial charge in [-0.1, -0.05) is 25.8 Å². The first-order valence-electron chi connectivity index (χ1n) is 9.47. The molecule has 0 bridgehead atoms. The second kappa shape index (κ2) is 9.14. The second-order valence-corrected chi connectivity index (χ2v) is 9.49. The molecule has 1 aliphatic rings. The molecule has 29 heavy (non-hydrogen) atoms. The van der Waals surface area contributed by atoms with Gasteiger partial charge in [0, 0.05) is 6.04 Å². The molecule has 0 spiro atoms. The molecule has 11 heteroatoms. The standard InChI is InChI=1S/C18H24N4O5S2/c1-11-6-3-4-7-13(11)19-16(23)10-27-18(24)12(2)22-29(25,26)15-9-5-8-14-17(15)21-28-20-14/h5,8-9,11-13,22H,3-4,6-7,10H2,1-2H3,(H,19,23)/t11?,12-,13?/m0/s1. The van der Waals surface area contributed by atoms with Gasteiger partial charge in [0.15, 0.2) is 6.61 Å². The fraction of sp³-hybridized carbons (Fsp3) is 0.556. The Morgan fingerprint density at radius 2 is 2.03 bits per heavy atom. The minimum Gasteiger partial charge on any atom is -0.454 e. The minimum atomic E-state index is -4.02. The maximum absolute atomic E-state index is 12.6. The van der Waals surface area contributed by atoms with Crippen LogP contribution in [0.2, 0.25) is 0 Å². The van der Waals surface area contributed by atoms with Crippen molar-refractivity contribution in [2.75, 3.05) is 6.61 Å². The highest BCUT2D eigenvalue weighted by Crippen LogP contribution is 2.23. The van der Waals surface area contributed by atoms with Crippen LogP contribution in [-0.4, -0.2) is 47.7 Å². The third-order valence-corrected chi connectivity index (χ3v) is 7.14. The van der Waals surface area contributed by atoms with Crippen LogP contribution in [0.4, 0.5) is 0 Å². The molecule has 0 aliphatic heterocycles. The van der Waals surface area contributed by atoms with Crippen LogP contribution in [0.5, 0.6) is 0 Å². The van der Waals surface area contributed by atoms with Crippen LogP contribution in [0.1, 0.15) is 39.5 Å². The molecule has 158 valence electrons. The number of carbonyl (C=O) groups is 2. The van der Waals surface area contributed by atoms with E-state index in [9.17, 15) is 18.0 Å². The zero-order valence-corrected chi connectivity index (χ0v) is 17.9. The normalized spacial score (nSPS) is 20.9. The van der Waals surface area contributed by atoms with E-state index in [1.807, 2.05) is 0 Å². The van der Waals surface area contributed by atoms with Crippen molar-refractivity contribution in [2.45, 2.75) is 56.5 Å². The summed E-state index contributed by atoms with van der Waals surface area (Å²) in [7, 11) is -4.02.